The normalized spacial score (nSPS) is 17.0. The molecule has 1 heterocycles. The van der Waals surface area contributed by atoms with E-state index in [0.29, 0.717) is 24.0 Å². The second-order valence-corrected chi connectivity index (χ2v) is 13.4. The summed E-state index contributed by atoms with van der Waals surface area (Å²) >= 11 is 5.84. The molecule has 0 spiro atoms. The van der Waals surface area contributed by atoms with Crippen molar-refractivity contribution in [2.75, 3.05) is 11.9 Å². The average Bonchev–Trinajstić information content (AvgIpc) is 3.47. The maximum absolute atomic E-state index is 13.6. The van der Waals surface area contributed by atoms with Gasteiger partial charge in [-0.2, -0.15) is 0 Å². The molecule has 5 rings (SSSR count). The molecule has 4 aromatic rings. The number of aryl methyl sites for hydroxylation is 1. The number of sulfonamides is 1. The molecule has 2 amide bonds. The number of benzene rings is 3. The van der Waals surface area contributed by atoms with Gasteiger partial charge in [-0.05, 0) is 115 Å². The Labute approximate surface area is 279 Å². The lowest BCUT2D eigenvalue weighted by molar-refractivity contribution is -0.130. The third kappa shape index (κ3) is 8.71. The van der Waals surface area contributed by atoms with E-state index in [4.69, 9.17) is 22.5 Å². The number of nitrogens with zero attached hydrogens (tertiary/aromatic N) is 2. The van der Waals surface area contributed by atoms with E-state index < -0.39 is 16.1 Å². The van der Waals surface area contributed by atoms with Gasteiger partial charge in [-0.25, -0.2) is 13.6 Å². The van der Waals surface area contributed by atoms with Crippen LogP contribution >= 0.6 is 24.0 Å². The van der Waals surface area contributed by atoms with Crippen molar-refractivity contribution in [1.29, 1.82) is 0 Å². The Balaban J connectivity index is 0.00000480. The minimum absolute atomic E-state index is 0. The fraction of sp³-hybridized carbons (Fsp3) is 0.312. The van der Waals surface area contributed by atoms with E-state index in [2.05, 4.69) is 25.8 Å². The summed E-state index contributed by atoms with van der Waals surface area (Å²) in [4.78, 5) is 29.8. The van der Waals surface area contributed by atoms with E-state index in [0.717, 1.165) is 53.5 Å². The second kappa shape index (κ2) is 15.2. The lowest BCUT2D eigenvalue weighted by atomic mass is 9.81. The van der Waals surface area contributed by atoms with Gasteiger partial charge in [0.1, 0.15) is 6.04 Å². The number of hydrogen-bond donors (Lipinski definition) is 5. The molecule has 1 atom stereocenters. The van der Waals surface area contributed by atoms with Crippen LogP contribution in [0.15, 0.2) is 71.6 Å². The number of carbonyl (C=O) groups excluding carboxylic acids is 2. The molecule has 0 unspecified atom stereocenters. The van der Waals surface area contributed by atoms with E-state index in [1.54, 1.807) is 36.4 Å². The summed E-state index contributed by atoms with van der Waals surface area (Å²) in [5, 5.41) is 19.1. The summed E-state index contributed by atoms with van der Waals surface area (Å²) in [5.74, 6) is 0.300. The molecule has 0 radical (unpaired) electrons. The Hall–Kier alpha value is -3.81. The molecule has 46 heavy (non-hydrogen) atoms. The van der Waals surface area contributed by atoms with Gasteiger partial charge in [0.05, 0.1) is 4.90 Å². The van der Waals surface area contributed by atoms with E-state index in [1.165, 1.54) is 6.07 Å². The van der Waals surface area contributed by atoms with Crippen LogP contribution in [-0.4, -0.2) is 48.0 Å². The number of amides is 2. The van der Waals surface area contributed by atoms with Crippen molar-refractivity contribution in [3.63, 3.8) is 0 Å². The van der Waals surface area contributed by atoms with E-state index in [-0.39, 0.29) is 46.7 Å². The summed E-state index contributed by atoms with van der Waals surface area (Å²) in [6, 6.07) is 18.6. The molecule has 0 aliphatic heterocycles. The van der Waals surface area contributed by atoms with Crippen molar-refractivity contribution in [1.82, 2.24) is 20.5 Å². The zero-order valence-corrected chi connectivity index (χ0v) is 27.6. The lowest BCUT2D eigenvalue weighted by Crippen LogP contribution is -2.48. The maximum Gasteiger partial charge on any atom is 0.247 e. The van der Waals surface area contributed by atoms with Crippen LogP contribution in [0.3, 0.4) is 0 Å². The number of halogens is 2. The third-order valence-electron chi connectivity index (χ3n) is 8.30. The van der Waals surface area contributed by atoms with Gasteiger partial charge in [0, 0.05) is 23.6 Å². The van der Waals surface area contributed by atoms with Crippen LogP contribution in [-0.2, 0) is 26.0 Å². The number of H-pyrrole nitrogens is 1. The topological polar surface area (TPSA) is 186 Å². The number of aromatic amines is 1. The Morgan fingerprint density at radius 1 is 0.978 bits per heavy atom. The summed E-state index contributed by atoms with van der Waals surface area (Å²) in [6.45, 7) is 2.44. The van der Waals surface area contributed by atoms with Crippen LogP contribution in [0.25, 0.3) is 22.5 Å². The Bertz CT molecular complexity index is 1770. The van der Waals surface area contributed by atoms with E-state index in [9.17, 15) is 18.0 Å². The zero-order valence-electron chi connectivity index (χ0n) is 25.2. The van der Waals surface area contributed by atoms with Gasteiger partial charge in [0.2, 0.25) is 27.1 Å². The Kier molecular flexibility index (Phi) is 11.6. The molecule has 7 N–H and O–H groups in total. The largest absolute Gasteiger partial charge is 0.344 e. The van der Waals surface area contributed by atoms with Crippen LogP contribution in [0.1, 0.15) is 36.8 Å². The number of nitrogens with two attached hydrogens (primary N) is 2. The third-order valence-corrected chi connectivity index (χ3v) is 9.38. The standard InChI is InChI=1S/C32H36ClN7O4S.ClH/c1-19-16-26(45(35,43)44)14-15-27(19)22-6-2-20(3-7-22)17-28(37-30(41)24-8-4-21(18-34)5-9-24)31(42)36-25-12-10-23(11-13-25)29-38-32(33)40-39-29;/h2-3,6-7,10-16,21,24,28H,4-5,8-9,17-18,34H2,1H3,(H,36,42)(H,37,41)(H2,35,43,44)(H,38,39,40);1H/t21?,24?,28-;/m0./s1. The molecule has 0 bridgehead atoms. The minimum atomic E-state index is -3.80. The van der Waals surface area contributed by atoms with Crippen molar-refractivity contribution in [2.24, 2.45) is 22.7 Å². The number of nitrogens with one attached hydrogen (secondary N) is 3. The molecule has 1 aromatic heterocycles. The minimum Gasteiger partial charge on any atom is -0.344 e. The predicted octanol–water partition coefficient (Wildman–Crippen LogP) is 4.60. The summed E-state index contributed by atoms with van der Waals surface area (Å²) in [5.41, 5.74) is 10.5. The number of carbonyl (C=O) groups is 2. The van der Waals surface area contributed by atoms with Crippen LogP contribution in [0.4, 0.5) is 5.69 Å². The highest BCUT2D eigenvalue weighted by Gasteiger charge is 2.29. The van der Waals surface area contributed by atoms with Crippen molar-refractivity contribution >= 4 is 51.5 Å². The number of hydrogen-bond acceptors (Lipinski definition) is 7. The molecule has 0 saturated heterocycles. The van der Waals surface area contributed by atoms with Gasteiger partial charge in [-0.1, -0.05) is 30.3 Å². The molecule has 1 fully saturated rings. The van der Waals surface area contributed by atoms with Crippen molar-refractivity contribution in [3.8, 4) is 22.5 Å². The van der Waals surface area contributed by atoms with Gasteiger partial charge in [0.25, 0.3) is 0 Å². The highest BCUT2D eigenvalue weighted by molar-refractivity contribution is 7.89. The first-order valence-corrected chi connectivity index (χ1v) is 16.6. The highest BCUT2D eigenvalue weighted by Crippen LogP contribution is 2.29. The maximum atomic E-state index is 13.6. The SMILES string of the molecule is Cc1cc(S(N)(=O)=O)ccc1-c1ccc(C[C@H](NC(=O)C2CCC(CN)CC2)C(=O)Nc2ccc(-c3nnc(Cl)[nH]3)cc2)cc1.Cl. The molecule has 14 heteroatoms. The van der Waals surface area contributed by atoms with Gasteiger partial charge in [-0.3, -0.25) is 9.59 Å². The van der Waals surface area contributed by atoms with E-state index >= 15 is 0 Å². The fourth-order valence-corrected chi connectivity index (χ4v) is 6.39. The number of primary sulfonamides is 1. The summed E-state index contributed by atoms with van der Waals surface area (Å²) < 4.78 is 23.5. The second-order valence-electron chi connectivity index (χ2n) is 11.5. The average molecular weight is 687 g/mol. The Morgan fingerprint density at radius 2 is 1.63 bits per heavy atom. The highest BCUT2D eigenvalue weighted by atomic mass is 35.5. The summed E-state index contributed by atoms with van der Waals surface area (Å²) in [6.07, 6.45) is 3.55. The number of rotatable bonds is 10. The van der Waals surface area contributed by atoms with Gasteiger partial charge in [0.15, 0.2) is 5.82 Å². The molecule has 244 valence electrons. The molecule has 1 aliphatic rings. The first-order chi connectivity index (χ1) is 21.5. The Morgan fingerprint density at radius 3 is 2.20 bits per heavy atom. The van der Waals surface area contributed by atoms with Crippen LogP contribution < -0.4 is 21.5 Å². The van der Waals surface area contributed by atoms with Crippen LogP contribution in [0, 0.1) is 18.8 Å². The molecular formula is C32H37Cl2N7O4S. The molecule has 1 saturated carbocycles. The van der Waals surface area contributed by atoms with Crippen molar-refractivity contribution < 1.29 is 18.0 Å². The molecule has 11 nitrogen and oxygen atoms in total. The van der Waals surface area contributed by atoms with Gasteiger partial charge >= 0.3 is 0 Å². The van der Waals surface area contributed by atoms with Crippen LogP contribution in [0.2, 0.25) is 5.28 Å². The smallest absolute Gasteiger partial charge is 0.247 e. The zero-order chi connectivity index (χ0) is 32.1. The van der Waals surface area contributed by atoms with Gasteiger partial charge < -0.3 is 21.4 Å². The first kappa shape index (κ1) is 35.1. The van der Waals surface area contributed by atoms with Crippen molar-refractivity contribution in [2.45, 2.75) is 50.0 Å². The first-order valence-electron chi connectivity index (χ1n) is 14.7. The predicted molar refractivity (Wildman–Crippen MR) is 181 cm³/mol. The van der Waals surface area contributed by atoms with Gasteiger partial charge in [-0.15, -0.1) is 22.6 Å². The van der Waals surface area contributed by atoms with Crippen LogP contribution in [0.5, 0.6) is 0 Å². The molecule has 3 aromatic carbocycles. The lowest BCUT2D eigenvalue weighted by Gasteiger charge is -2.28. The monoisotopic (exact) mass is 685 g/mol. The molecular weight excluding hydrogens is 649 g/mol. The number of anilines is 1. The number of aromatic nitrogens is 3. The fourth-order valence-electron chi connectivity index (χ4n) is 5.66. The van der Waals surface area contributed by atoms with Crippen molar-refractivity contribution in [3.05, 3.63) is 83.1 Å². The van der Waals surface area contributed by atoms with E-state index in [1.807, 2.05) is 31.2 Å². The quantitative estimate of drug-likeness (QED) is 0.161. The summed E-state index contributed by atoms with van der Waals surface area (Å²) in [7, 11) is -3.80. The molecule has 1 aliphatic carbocycles.